The molecule has 3 fully saturated rings. The number of nitrogens with zero attached hydrogens (tertiary/aromatic N) is 1. The topological polar surface area (TPSA) is 74.9 Å². The largest absolute Gasteiger partial charge is 0.467 e. The minimum Gasteiger partial charge on any atom is -0.467 e. The Balaban J connectivity index is 1.35. The van der Waals surface area contributed by atoms with Crippen LogP contribution in [0.5, 0.6) is 0 Å². The summed E-state index contributed by atoms with van der Waals surface area (Å²) >= 11 is 0. The summed E-state index contributed by atoms with van der Waals surface area (Å²) in [6.07, 6.45) is 8.03. The fourth-order valence-corrected chi connectivity index (χ4v) is 4.80. The predicted molar refractivity (Wildman–Crippen MR) is 92.0 cm³/mol. The second-order valence-electron chi connectivity index (χ2n) is 7.61. The highest BCUT2D eigenvalue weighted by atomic mass is 16.5. The quantitative estimate of drug-likeness (QED) is 0.877. The number of nitrogens with one attached hydrogen (secondary N) is 1. The highest BCUT2D eigenvalue weighted by Gasteiger charge is 2.40. The Kier molecular flexibility index (Phi) is 4.99. The zero-order chi connectivity index (χ0) is 17.2. The number of ether oxygens (including phenoxy) is 1. The molecule has 2 aliphatic heterocycles. The molecule has 4 rings (SSSR count). The first-order valence-corrected chi connectivity index (χ1v) is 9.62. The van der Waals surface area contributed by atoms with E-state index in [4.69, 9.17) is 9.15 Å². The van der Waals surface area contributed by atoms with Gasteiger partial charge in [0.1, 0.15) is 11.9 Å². The van der Waals surface area contributed by atoms with Crippen LogP contribution >= 0.6 is 0 Å². The number of carbonyl (C=O) groups excluding carboxylic acids is 1. The molecule has 1 aromatic rings. The number of aliphatic hydroxyl groups excluding tert-OH is 1. The smallest absolute Gasteiger partial charge is 0.317 e. The number of carbonyl (C=O) groups is 1. The van der Waals surface area contributed by atoms with Crippen LogP contribution in [0.3, 0.4) is 0 Å². The summed E-state index contributed by atoms with van der Waals surface area (Å²) in [5.41, 5.74) is 0. The maximum Gasteiger partial charge on any atom is 0.317 e. The van der Waals surface area contributed by atoms with E-state index in [1.807, 2.05) is 4.90 Å². The van der Waals surface area contributed by atoms with E-state index >= 15 is 0 Å². The van der Waals surface area contributed by atoms with Crippen LogP contribution in [0.25, 0.3) is 0 Å². The molecule has 2 amide bonds. The lowest BCUT2D eigenvalue weighted by Crippen LogP contribution is -2.51. The molecular formula is C19H28N2O4. The van der Waals surface area contributed by atoms with Gasteiger partial charge in [-0.25, -0.2) is 4.79 Å². The Labute approximate surface area is 148 Å². The Bertz CT molecular complexity index is 576. The van der Waals surface area contributed by atoms with Gasteiger partial charge in [0.2, 0.25) is 0 Å². The van der Waals surface area contributed by atoms with Gasteiger partial charge in [-0.3, -0.25) is 0 Å². The van der Waals surface area contributed by atoms with Crippen molar-refractivity contribution in [3.63, 3.8) is 0 Å². The maximum atomic E-state index is 12.8. The first-order valence-electron chi connectivity index (χ1n) is 9.62. The van der Waals surface area contributed by atoms with Gasteiger partial charge in [0.25, 0.3) is 0 Å². The van der Waals surface area contributed by atoms with Crippen molar-refractivity contribution in [1.29, 1.82) is 0 Å². The van der Waals surface area contributed by atoms with Crippen LogP contribution in [0.4, 0.5) is 4.79 Å². The number of fused-ring (bicyclic) bond motifs is 1. The third kappa shape index (κ3) is 3.55. The summed E-state index contributed by atoms with van der Waals surface area (Å²) in [6.45, 7) is 1.59. The molecule has 1 aliphatic carbocycles. The zero-order valence-electron chi connectivity index (χ0n) is 14.6. The predicted octanol–water partition coefficient (Wildman–Crippen LogP) is 2.83. The lowest BCUT2D eigenvalue weighted by molar-refractivity contribution is 0.0531. The van der Waals surface area contributed by atoms with Gasteiger partial charge in [0.15, 0.2) is 0 Å². The lowest BCUT2D eigenvalue weighted by atomic mass is 9.82. The average molecular weight is 348 g/mol. The molecule has 0 spiro atoms. The summed E-state index contributed by atoms with van der Waals surface area (Å²) in [5.74, 6) is 1.04. The summed E-state index contributed by atoms with van der Waals surface area (Å²) in [6, 6.07) is 3.88. The Morgan fingerprint density at radius 3 is 3.08 bits per heavy atom. The monoisotopic (exact) mass is 348 g/mol. The molecule has 6 nitrogen and oxygen atoms in total. The van der Waals surface area contributed by atoms with Crippen LogP contribution in [0, 0.1) is 5.92 Å². The second-order valence-corrected chi connectivity index (χ2v) is 7.61. The molecule has 3 aliphatic rings. The van der Waals surface area contributed by atoms with E-state index in [0.29, 0.717) is 24.2 Å². The first kappa shape index (κ1) is 16.9. The molecule has 138 valence electrons. The van der Waals surface area contributed by atoms with Crippen molar-refractivity contribution < 1.29 is 19.1 Å². The van der Waals surface area contributed by atoms with Gasteiger partial charge < -0.3 is 24.5 Å². The minimum atomic E-state index is -0.657. The van der Waals surface area contributed by atoms with Crippen molar-refractivity contribution in [2.45, 2.75) is 69.2 Å². The van der Waals surface area contributed by atoms with Crippen molar-refractivity contribution in [3.8, 4) is 0 Å². The first-order chi connectivity index (χ1) is 12.2. The van der Waals surface area contributed by atoms with E-state index in [0.717, 1.165) is 51.7 Å². The summed E-state index contributed by atoms with van der Waals surface area (Å²) < 4.78 is 11.1. The number of aliphatic hydroxyl groups is 1. The van der Waals surface area contributed by atoms with Crippen LogP contribution in [0.1, 0.15) is 56.8 Å². The summed E-state index contributed by atoms with van der Waals surface area (Å²) in [4.78, 5) is 14.8. The highest BCUT2D eigenvalue weighted by molar-refractivity contribution is 5.75. The van der Waals surface area contributed by atoms with Crippen molar-refractivity contribution in [1.82, 2.24) is 10.2 Å². The third-order valence-electron chi connectivity index (χ3n) is 6.10. The van der Waals surface area contributed by atoms with E-state index in [2.05, 4.69) is 5.32 Å². The number of furan rings is 1. The third-order valence-corrected chi connectivity index (χ3v) is 6.10. The number of likely N-dealkylation sites (tertiary alicyclic amines) is 1. The summed E-state index contributed by atoms with van der Waals surface area (Å²) in [5, 5.41) is 13.6. The van der Waals surface area contributed by atoms with Gasteiger partial charge in [-0.15, -0.1) is 0 Å². The molecule has 6 heteroatoms. The molecule has 0 aromatic carbocycles. The number of amides is 2. The van der Waals surface area contributed by atoms with E-state index < -0.39 is 6.10 Å². The Morgan fingerprint density at radius 1 is 1.32 bits per heavy atom. The van der Waals surface area contributed by atoms with Gasteiger partial charge in [-0.1, -0.05) is 0 Å². The number of urea groups is 1. The van der Waals surface area contributed by atoms with E-state index in [1.165, 1.54) is 0 Å². The fourth-order valence-electron chi connectivity index (χ4n) is 4.80. The van der Waals surface area contributed by atoms with Crippen LogP contribution in [-0.2, 0) is 4.74 Å². The van der Waals surface area contributed by atoms with E-state index in [-0.39, 0.29) is 18.1 Å². The second kappa shape index (κ2) is 7.38. The molecule has 1 saturated carbocycles. The van der Waals surface area contributed by atoms with Gasteiger partial charge >= 0.3 is 6.03 Å². The van der Waals surface area contributed by atoms with Crippen LogP contribution in [0.15, 0.2) is 22.8 Å². The van der Waals surface area contributed by atoms with Crippen LogP contribution in [-0.4, -0.2) is 47.4 Å². The molecule has 5 atom stereocenters. The molecule has 2 N–H and O–H groups in total. The van der Waals surface area contributed by atoms with Gasteiger partial charge in [0.05, 0.1) is 12.4 Å². The molecule has 0 bridgehead atoms. The van der Waals surface area contributed by atoms with Crippen LogP contribution in [0.2, 0.25) is 0 Å². The zero-order valence-corrected chi connectivity index (χ0v) is 14.6. The minimum absolute atomic E-state index is 0.0201. The molecule has 2 saturated heterocycles. The fraction of sp³-hybridized carbons (Fsp3) is 0.737. The van der Waals surface area contributed by atoms with Gasteiger partial charge in [0, 0.05) is 37.6 Å². The van der Waals surface area contributed by atoms with Gasteiger partial charge in [-0.05, 0) is 50.7 Å². The molecule has 25 heavy (non-hydrogen) atoms. The number of hydrogen-bond donors (Lipinski definition) is 2. The molecular weight excluding hydrogens is 320 g/mol. The SMILES string of the molecule is O=C(N[C@@H]1CCC[C@@H]2OCC[C@@H]21)N1CCC[C@H]1C[C@@H](O)c1ccco1. The van der Waals surface area contributed by atoms with Gasteiger partial charge in [-0.2, -0.15) is 0 Å². The molecule has 1 aromatic heterocycles. The summed E-state index contributed by atoms with van der Waals surface area (Å²) in [7, 11) is 0. The molecule has 0 radical (unpaired) electrons. The normalized spacial score (nSPS) is 33.2. The highest BCUT2D eigenvalue weighted by Crippen LogP contribution is 2.35. The lowest BCUT2D eigenvalue weighted by Gasteiger charge is -2.35. The standard InChI is InChI=1S/C19H28N2O4/c22-16(18-7-3-10-24-18)12-13-4-2-9-21(13)19(23)20-15-5-1-6-17-14(15)8-11-25-17/h3,7,10,13-17,22H,1-2,4-6,8-9,11-12H2,(H,20,23)/t13-,14+,15+,16+,17-/m0/s1. The van der Waals surface area contributed by atoms with Crippen molar-refractivity contribution in [2.75, 3.05) is 13.2 Å². The Hall–Kier alpha value is -1.53. The van der Waals surface area contributed by atoms with Crippen molar-refractivity contribution in [3.05, 3.63) is 24.2 Å². The van der Waals surface area contributed by atoms with Crippen molar-refractivity contribution >= 4 is 6.03 Å². The number of hydrogen-bond acceptors (Lipinski definition) is 4. The van der Waals surface area contributed by atoms with Crippen LogP contribution < -0.4 is 5.32 Å². The molecule has 3 heterocycles. The van der Waals surface area contributed by atoms with Crippen molar-refractivity contribution in [2.24, 2.45) is 5.92 Å². The van der Waals surface area contributed by atoms with E-state index in [9.17, 15) is 9.90 Å². The molecule has 0 unspecified atom stereocenters. The maximum absolute atomic E-state index is 12.8. The average Bonchev–Trinajstić information content (AvgIpc) is 3.36. The number of rotatable bonds is 4. The van der Waals surface area contributed by atoms with E-state index in [1.54, 1.807) is 18.4 Å². The Morgan fingerprint density at radius 2 is 2.24 bits per heavy atom.